The van der Waals surface area contributed by atoms with Gasteiger partial charge in [-0.2, -0.15) is 13.2 Å². The average molecular weight is 606 g/mol. The molecule has 15 heteroatoms. The SMILES string of the molecule is CCOC(=O)CCc1nnnn1C[C@@H]1C[C@@H](c2cccc(OC)c2OC)c2cc(Cl)ccc2-n2c1nnc2C(F)(F)F. The zero-order valence-corrected chi connectivity index (χ0v) is 23.7. The molecule has 5 rings (SSSR count). The summed E-state index contributed by atoms with van der Waals surface area (Å²) in [6.07, 6.45) is -4.30. The maximum Gasteiger partial charge on any atom is 0.452 e. The van der Waals surface area contributed by atoms with Crippen molar-refractivity contribution in [3.63, 3.8) is 0 Å². The van der Waals surface area contributed by atoms with Gasteiger partial charge in [-0.25, -0.2) is 4.68 Å². The highest BCUT2D eigenvalue weighted by Gasteiger charge is 2.43. The lowest BCUT2D eigenvalue weighted by atomic mass is 9.83. The molecule has 0 fully saturated rings. The van der Waals surface area contributed by atoms with Crippen molar-refractivity contribution in [3.05, 3.63) is 70.0 Å². The van der Waals surface area contributed by atoms with Crippen molar-refractivity contribution in [1.29, 1.82) is 0 Å². The molecule has 42 heavy (non-hydrogen) atoms. The van der Waals surface area contributed by atoms with Crippen LogP contribution in [-0.2, 0) is 28.7 Å². The molecule has 1 aliphatic rings. The fourth-order valence-corrected chi connectivity index (χ4v) is 5.52. The summed E-state index contributed by atoms with van der Waals surface area (Å²) >= 11 is 6.41. The number of aromatic nitrogens is 7. The number of rotatable bonds is 9. The van der Waals surface area contributed by atoms with Crippen molar-refractivity contribution >= 4 is 17.6 Å². The summed E-state index contributed by atoms with van der Waals surface area (Å²) in [5.74, 6) is -1.36. The Morgan fingerprint density at radius 3 is 2.62 bits per heavy atom. The van der Waals surface area contributed by atoms with Crippen LogP contribution in [0.5, 0.6) is 11.5 Å². The first-order valence-electron chi connectivity index (χ1n) is 13.1. The number of alkyl halides is 3. The number of hydrogen-bond donors (Lipinski definition) is 0. The number of methoxy groups -OCH3 is 2. The minimum absolute atomic E-state index is 0.0425. The third-order valence-electron chi connectivity index (χ3n) is 7.10. The Bertz CT molecular complexity index is 1590. The Kier molecular flexibility index (Phi) is 8.34. The highest BCUT2D eigenvalue weighted by molar-refractivity contribution is 6.30. The molecule has 2 aromatic heterocycles. The third-order valence-corrected chi connectivity index (χ3v) is 7.33. The number of ether oxygens (including phenoxy) is 3. The first-order valence-corrected chi connectivity index (χ1v) is 13.5. The van der Waals surface area contributed by atoms with Crippen molar-refractivity contribution in [2.45, 2.75) is 50.7 Å². The Labute approximate surface area is 243 Å². The first kappa shape index (κ1) is 29.3. The predicted octanol–water partition coefficient (Wildman–Crippen LogP) is 4.76. The van der Waals surface area contributed by atoms with E-state index in [9.17, 15) is 18.0 Å². The number of benzene rings is 2. The molecule has 1 aliphatic heterocycles. The van der Waals surface area contributed by atoms with E-state index in [0.29, 0.717) is 33.5 Å². The second-order valence-corrected chi connectivity index (χ2v) is 10.0. The molecular weight excluding hydrogens is 579 g/mol. The van der Waals surface area contributed by atoms with E-state index in [1.165, 1.54) is 31.0 Å². The second-order valence-electron chi connectivity index (χ2n) is 9.57. The van der Waals surface area contributed by atoms with Crippen molar-refractivity contribution in [2.75, 3.05) is 20.8 Å². The van der Waals surface area contributed by atoms with Gasteiger partial charge in [0.25, 0.3) is 0 Å². The van der Waals surface area contributed by atoms with Crippen molar-refractivity contribution in [3.8, 4) is 17.2 Å². The molecule has 2 atom stereocenters. The van der Waals surface area contributed by atoms with E-state index >= 15 is 0 Å². The highest BCUT2D eigenvalue weighted by Crippen LogP contribution is 2.48. The summed E-state index contributed by atoms with van der Waals surface area (Å²) in [7, 11) is 3.01. The topological polar surface area (TPSA) is 119 Å². The van der Waals surface area contributed by atoms with Crippen LogP contribution in [0, 0.1) is 0 Å². The molecule has 0 saturated carbocycles. The lowest BCUT2D eigenvalue weighted by molar-refractivity contribution is -0.146. The second kappa shape index (κ2) is 12.0. The summed E-state index contributed by atoms with van der Waals surface area (Å²) in [6.45, 7) is 2.01. The smallest absolute Gasteiger partial charge is 0.452 e. The van der Waals surface area contributed by atoms with E-state index in [-0.39, 0.29) is 43.9 Å². The fourth-order valence-electron chi connectivity index (χ4n) is 5.34. The van der Waals surface area contributed by atoms with E-state index in [4.69, 9.17) is 25.8 Å². The number of carbonyl (C=O) groups excluding carboxylic acids is 1. The molecule has 0 amide bonds. The molecule has 0 unspecified atom stereocenters. The van der Waals surface area contributed by atoms with Crippen LogP contribution in [0.25, 0.3) is 5.69 Å². The molecule has 3 heterocycles. The molecule has 0 spiro atoms. The standard InChI is InChI=1S/C27H27ClF3N7O4/c1-4-42-23(39)11-10-22-32-35-36-37(22)14-15-12-18(17-6-5-7-21(40-2)24(17)41-3)19-13-16(28)8-9-20(19)38-25(15)33-34-26(38)27(29,30)31/h5-9,13,15,18H,4,10-12,14H2,1-3H3/t15-,18-/m0/s1. The lowest BCUT2D eigenvalue weighted by Gasteiger charge is -2.24. The molecule has 222 valence electrons. The van der Waals surface area contributed by atoms with Gasteiger partial charge in [-0.05, 0) is 53.6 Å². The molecule has 0 aliphatic carbocycles. The van der Waals surface area contributed by atoms with Crippen LogP contribution in [0.1, 0.15) is 60.2 Å². The van der Waals surface area contributed by atoms with Crippen molar-refractivity contribution in [1.82, 2.24) is 35.0 Å². The number of esters is 1. The van der Waals surface area contributed by atoms with E-state index in [1.807, 2.05) is 6.07 Å². The Hall–Kier alpha value is -4.20. The van der Waals surface area contributed by atoms with Crippen LogP contribution in [-0.4, -0.2) is 61.8 Å². The minimum Gasteiger partial charge on any atom is -0.493 e. The van der Waals surface area contributed by atoms with Gasteiger partial charge in [-0.3, -0.25) is 9.36 Å². The van der Waals surface area contributed by atoms with Gasteiger partial charge in [-0.15, -0.1) is 15.3 Å². The summed E-state index contributed by atoms with van der Waals surface area (Å²) in [6, 6.07) is 10.1. The van der Waals surface area contributed by atoms with Crippen LogP contribution in [0.3, 0.4) is 0 Å². The van der Waals surface area contributed by atoms with Crippen LogP contribution in [0.4, 0.5) is 13.2 Å². The normalized spacial score (nSPS) is 16.4. The number of hydrogen-bond acceptors (Lipinski definition) is 9. The van der Waals surface area contributed by atoms with Gasteiger partial charge in [0, 0.05) is 28.8 Å². The minimum atomic E-state index is -4.79. The van der Waals surface area contributed by atoms with Gasteiger partial charge in [0.2, 0.25) is 5.82 Å². The van der Waals surface area contributed by atoms with Gasteiger partial charge in [0.1, 0.15) is 5.82 Å². The molecule has 4 aromatic rings. The lowest BCUT2D eigenvalue weighted by Crippen LogP contribution is -2.19. The van der Waals surface area contributed by atoms with Crippen LogP contribution in [0.15, 0.2) is 36.4 Å². The first-order chi connectivity index (χ1) is 20.2. The molecule has 0 saturated heterocycles. The van der Waals surface area contributed by atoms with E-state index in [0.717, 1.165) is 4.57 Å². The molecule has 11 nitrogen and oxygen atoms in total. The molecular formula is C27H27ClF3N7O4. The van der Waals surface area contributed by atoms with Crippen molar-refractivity contribution < 1.29 is 32.2 Å². The number of aryl methyl sites for hydroxylation is 1. The van der Waals surface area contributed by atoms with Gasteiger partial charge < -0.3 is 14.2 Å². The summed E-state index contributed by atoms with van der Waals surface area (Å²) in [5.41, 5.74) is 1.46. The van der Waals surface area contributed by atoms with Gasteiger partial charge >= 0.3 is 12.1 Å². The predicted molar refractivity (Wildman–Crippen MR) is 143 cm³/mol. The molecule has 0 N–H and O–H groups in total. The number of para-hydroxylation sites is 1. The van der Waals surface area contributed by atoms with Gasteiger partial charge in [0.15, 0.2) is 17.3 Å². The number of carbonyl (C=O) groups is 1. The summed E-state index contributed by atoms with van der Waals surface area (Å²) in [4.78, 5) is 12.0. The van der Waals surface area contributed by atoms with Crippen LogP contribution >= 0.6 is 11.6 Å². The summed E-state index contributed by atoms with van der Waals surface area (Å²) < 4.78 is 61.6. The molecule has 2 aromatic carbocycles. The maximum atomic E-state index is 14.3. The van der Waals surface area contributed by atoms with Gasteiger partial charge in [0.05, 0.1) is 39.5 Å². The Balaban J connectivity index is 1.66. The highest BCUT2D eigenvalue weighted by atomic mass is 35.5. The van der Waals surface area contributed by atoms with Gasteiger partial charge in [-0.1, -0.05) is 23.7 Å². The zero-order chi connectivity index (χ0) is 30.0. The molecule has 0 bridgehead atoms. The number of halogens is 4. The Morgan fingerprint density at radius 1 is 1.10 bits per heavy atom. The third kappa shape index (κ3) is 5.62. The largest absolute Gasteiger partial charge is 0.493 e. The number of fused-ring (bicyclic) bond motifs is 3. The van der Waals surface area contributed by atoms with Crippen molar-refractivity contribution in [2.24, 2.45) is 0 Å². The van der Waals surface area contributed by atoms with E-state index < -0.39 is 29.8 Å². The number of nitrogens with zero attached hydrogens (tertiary/aromatic N) is 7. The molecule has 0 radical (unpaired) electrons. The summed E-state index contributed by atoms with van der Waals surface area (Å²) in [5, 5.41) is 19.8. The fraction of sp³-hybridized carbons (Fsp3) is 0.407. The quantitative estimate of drug-likeness (QED) is 0.249. The van der Waals surface area contributed by atoms with E-state index in [1.54, 1.807) is 25.1 Å². The monoisotopic (exact) mass is 605 g/mol. The maximum absolute atomic E-state index is 14.3. The number of tetrazole rings is 1. The average Bonchev–Trinajstić information content (AvgIpc) is 3.58. The van der Waals surface area contributed by atoms with Crippen LogP contribution in [0.2, 0.25) is 5.02 Å². The van der Waals surface area contributed by atoms with E-state index in [2.05, 4.69) is 25.7 Å². The zero-order valence-electron chi connectivity index (χ0n) is 22.9. The Morgan fingerprint density at radius 2 is 1.90 bits per heavy atom. The van der Waals surface area contributed by atoms with Crippen LogP contribution < -0.4 is 9.47 Å².